The van der Waals surface area contributed by atoms with Crippen LogP contribution < -0.4 is 29.3 Å². The molecule has 0 radical (unpaired) electrons. The molecule has 0 aliphatic rings. The van der Waals surface area contributed by atoms with Gasteiger partial charge in [0.15, 0.2) is 0 Å². The van der Waals surface area contributed by atoms with Gasteiger partial charge in [-0.05, 0) is 18.4 Å². The number of carboxylic acids is 1. The van der Waals surface area contributed by atoms with Gasteiger partial charge in [-0.3, -0.25) is 4.98 Å². The predicted octanol–water partition coefficient (Wildman–Crippen LogP) is -2.52. The first-order valence-electron chi connectivity index (χ1n) is 6.02. The minimum Gasteiger partial charge on any atom is -0.548 e. The summed E-state index contributed by atoms with van der Waals surface area (Å²) < 4.78 is 4.91. The Bertz CT molecular complexity index is 426. The minimum atomic E-state index is -1.31. The largest absolute Gasteiger partial charge is 1.00 e. The van der Waals surface area contributed by atoms with Crippen molar-refractivity contribution in [2.45, 2.75) is 32.9 Å². The van der Waals surface area contributed by atoms with E-state index in [0.29, 0.717) is 6.42 Å². The molecule has 0 saturated heterocycles. The van der Waals surface area contributed by atoms with E-state index in [1.54, 1.807) is 24.5 Å². The number of rotatable bonds is 6. The SMILES string of the molecule is CC(C)C[C@H](NC(=O)OCc1cccnc1)C(=O)[O-].[Li+]. The molecule has 1 heterocycles. The first-order chi connectivity index (χ1) is 8.99. The second-order valence-corrected chi connectivity index (χ2v) is 4.58. The summed E-state index contributed by atoms with van der Waals surface area (Å²) in [5.74, 6) is -1.19. The second-order valence-electron chi connectivity index (χ2n) is 4.58. The Labute approximate surface area is 130 Å². The molecule has 1 N–H and O–H groups in total. The van der Waals surface area contributed by atoms with Gasteiger partial charge in [-0.25, -0.2) is 4.79 Å². The minimum absolute atomic E-state index is 0. The molecule has 1 amide bonds. The third-order valence-corrected chi connectivity index (χ3v) is 2.38. The van der Waals surface area contributed by atoms with Crippen molar-refractivity contribution in [1.82, 2.24) is 10.3 Å². The molecule has 6 nitrogen and oxygen atoms in total. The van der Waals surface area contributed by atoms with E-state index in [4.69, 9.17) is 4.74 Å². The van der Waals surface area contributed by atoms with Crippen LogP contribution in [0.5, 0.6) is 0 Å². The topological polar surface area (TPSA) is 91.3 Å². The summed E-state index contributed by atoms with van der Waals surface area (Å²) in [5, 5.41) is 13.1. The molecule has 0 bridgehead atoms. The molecule has 0 aliphatic carbocycles. The molecule has 0 spiro atoms. The fourth-order valence-electron chi connectivity index (χ4n) is 1.50. The van der Waals surface area contributed by atoms with Crippen LogP contribution >= 0.6 is 0 Å². The maximum absolute atomic E-state index is 11.5. The monoisotopic (exact) mass is 272 g/mol. The molecule has 20 heavy (non-hydrogen) atoms. The zero-order valence-electron chi connectivity index (χ0n) is 12.0. The van der Waals surface area contributed by atoms with E-state index in [2.05, 4.69) is 10.3 Å². The Kier molecular flexibility index (Phi) is 8.69. The van der Waals surface area contributed by atoms with Crippen LogP contribution in [0.15, 0.2) is 24.5 Å². The van der Waals surface area contributed by atoms with Crippen LogP contribution in [-0.2, 0) is 16.1 Å². The van der Waals surface area contributed by atoms with Crippen molar-refractivity contribution in [2.75, 3.05) is 0 Å². The first-order valence-corrected chi connectivity index (χ1v) is 6.02. The van der Waals surface area contributed by atoms with Crippen molar-refractivity contribution < 1.29 is 38.3 Å². The Morgan fingerprint density at radius 1 is 1.45 bits per heavy atom. The molecule has 7 heteroatoms. The van der Waals surface area contributed by atoms with Crippen LogP contribution in [0.25, 0.3) is 0 Å². The molecular weight excluding hydrogens is 255 g/mol. The van der Waals surface area contributed by atoms with Crippen molar-refractivity contribution in [3.8, 4) is 0 Å². The van der Waals surface area contributed by atoms with E-state index in [1.165, 1.54) is 0 Å². The average molecular weight is 272 g/mol. The number of nitrogens with one attached hydrogen (secondary N) is 1. The third kappa shape index (κ3) is 7.17. The van der Waals surface area contributed by atoms with E-state index in [9.17, 15) is 14.7 Å². The number of aromatic nitrogens is 1. The van der Waals surface area contributed by atoms with Crippen LogP contribution in [0, 0.1) is 5.92 Å². The van der Waals surface area contributed by atoms with Gasteiger partial charge in [0.25, 0.3) is 0 Å². The van der Waals surface area contributed by atoms with Gasteiger partial charge in [-0.1, -0.05) is 19.9 Å². The van der Waals surface area contributed by atoms with E-state index >= 15 is 0 Å². The summed E-state index contributed by atoms with van der Waals surface area (Å²) in [6.07, 6.45) is 2.69. The molecule has 0 saturated carbocycles. The maximum atomic E-state index is 11.5. The van der Waals surface area contributed by atoms with Gasteiger partial charge in [0.2, 0.25) is 0 Å². The van der Waals surface area contributed by atoms with Crippen LogP contribution in [0.3, 0.4) is 0 Å². The standard InChI is InChI=1S/C13H18N2O4.Li/c1-9(2)6-11(12(16)17)15-13(18)19-8-10-4-3-5-14-7-10;/h3-5,7,9,11H,6,8H2,1-2H3,(H,15,18)(H,16,17);/q;+1/p-1/t11-;/m0./s1. The van der Waals surface area contributed by atoms with Crippen molar-refractivity contribution >= 4 is 12.1 Å². The summed E-state index contributed by atoms with van der Waals surface area (Å²) >= 11 is 0. The van der Waals surface area contributed by atoms with Crippen molar-refractivity contribution in [3.63, 3.8) is 0 Å². The Balaban J connectivity index is 0.00000361. The number of carboxylic acid groups (broad SMARTS) is 1. The third-order valence-electron chi connectivity index (χ3n) is 2.38. The number of pyridine rings is 1. The number of carbonyl (C=O) groups excluding carboxylic acids is 2. The van der Waals surface area contributed by atoms with Gasteiger partial charge in [-0.2, -0.15) is 0 Å². The number of hydrogen-bond acceptors (Lipinski definition) is 5. The summed E-state index contributed by atoms with van der Waals surface area (Å²) in [7, 11) is 0. The number of hydrogen-bond donors (Lipinski definition) is 1. The average Bonchev–Trinajstić information content (AvgIpc) is 2.36. The van der Waals surface area contributed by atoms with Crippen LogP contribution in [0.2, 0.25) is 0 Å². The Hall–Kier alpha value is -1.51. The van der Waals surface area contributed by atoms with Crippen LogP contribution in [-0.4, -0.2) is 23.1 Å². The smallest absolute Gasteiger partial charge is 0.548 e. The molecule has 1 aromatic rings. The molecule has 1 rings (SSSR count). The van der Waals surface area contributed by atoms with Crippen LogP contribution in [0.1, 0.15) is 25.8 Å². The molecule has 0 aliphatic heterocycles. The number of nitrogens with zero attached hydrogens (tertiary/aromatic N) is 1. The van der Waals surface area contributed by atoms with E-state index in [1.807, 2.05) is 13.8 Å². The number of amides is 1. The normalized spacial score (nSPS) is 11.3. The number of alkyl carbamates (subject to hydrolysis) is 1. The zero-order chi connectivity index (χ0) is 14.3. The molecule has 104 valence electrons. The van der Waals surface area contributed by atoms with Gasteiger partial charge in [0, 0.05) is 18.0 Å². The molecule has 0 aromatic carbocycles. The molecule has 1 aromatic heterocycles. The van der Waals surface area contributed by atoms with Gasteiger partial charge in [-0.15, -0.1) is 0 Å². The quantitative estimate of drug-likeness (QED) is 0.577. The molecular formula is C13H17LiN2O4. The molecule has 1 atom stereocenters. The fourth-order valence-corrected chi connectivity index (χ4v) is 1.50. The van der Waals surface area contributed by atoms with Gasteiger partial charge in [0.1, 0.15) is 6.61 Å². The second kappa shape index (κ2) is 9.40. The summed E-state index contributed by atoms with van der Waals surface area (Å²) in [6.45, 7) is 3.76. The zero-order valence-corrected chi connectivity index (χ0v) is 12.0. The van der Waals surface area contributed by atoms with E-state index in [-0.39, 0.29) is 31.4 Å². The van der Waals surface area contributed by atoms with Gasteiger partial charge in [0.05, 0.1) is 12.0 Å². The van der Waals surface area contributed by atoms with Gasteiger partial charge < -0.3 is 20.0 Å². The number of aliphatic carboxylic acids is 1. The summed E-state index contributed by atoms with van der Waals surface area (Å²) in [6, 6.07) is 2.44. The van der Waals surface area contributed by atoms with E-state index < -0.39 is 18.1 Å². The first kappa shape index (κ1) is 18.5. The van der Waals surface area contributed by atoms with E-state index in [0.717, 1.165) is 5.56 Å². The van der Waals surface area contributed by atoms with Gasteiger partial charge >= 0.3 is 25.0 Å². The maximum Gasteiger partial charge on any atom is 1.00 e. The fraction of sp³-hybridized carbons (Fsp3) is 0.462. The summed E-state index contributed by atoms with van der Waals surface area (Å²) in [5.41, 5.74) is 0.728. The van der Waals surface area contributed by atoms with Crippen LogP contribution in [0.4, 0.5) is 4.79 Å². The van der Waals surface area contributed by atoms with Crippen molar-refractivity contribution in [2.24, 2.45) is 5.92 Å². The molecule has 0 unspecified atom stereocenters. The van der Waals surface area contributed by atoms with Crippen molar-refractivity contribution in [1.29, 1.82) is 0 Å². The summed E-state index contributed by atoms with van der Waals surface area (Å²) in [4.78, 5) is 26.2. The molecule has 0 fully saturated rings. The predicted molar refractivity (Wildman–Crippen MR) is 65.8 cm³/mol. The Morgan fingerprint density at radius 2 is 2.15 bits per heavy atom. The Morgan fingerprint density at radius 3 is 2.65 bits per heavy atom. The number of carbonyl (C=O) groups is 2. The number of ether oxygens (including phenoxy) is 1. The van der Waals surface area contributed by atoms with Crippen molar-refractivity contribution in [3.05, 3.63) is 30.1 Å².